The molecule has 1 aliphatic rings. The zero-order chi connectivity index (χ0) is 16.6. The van der Waals surface area contributed by atoms with E-state index in [2.05, 4.69) is 29.0 Å². The van der Waals surface area contributed by atoms with Crippen LogP contribution in [0.3, 0.4) is 0 Å². The third-order valence-corrected chi connectivity index (χ3v) is 4.59. The minimum Gasteiger partial charge on any atom is -0.357 e. The molecular weight excluding hydrogens is 282 g/mol. The molecule has 0 amide bonds. The number of rotatable bonds is 15. The van der Waals surface area contributed by atoms with Crippen LogP contribution in [0.5, 0.6) is 0 Å². The Morgan fingerprint density at radius 1 is 0.957 bits per heavy atom. The van der Waals surface area contributed by atoms with Gasteiger partial charge in [-0.3, -0.25) is 4.99 Å². The molecule has 0 saturated heterocycles. The fourth-order valence-electron chi connectivity index (χ4n) is 3.16. The first-order chi connectivity index (χ1) is 11.4. The molecule has 0 aromatic rings. The second-order valence-corrected chi connectivity index (χ2v) is 6.70. The lowest BCUT2D eigenvalue weighted by Crippen LogP contribution is -2.32. The maximum atomic E-state index is 5.64. The molecule has 23 heavy (non-hydrogen) atoms. The number of hydrogen-bond donors (Lipinski definition) is 1. The van der Waals surface area contributed by atoms with Crippen LogP contribution in [0.2, 0.25) is 0 Å². The SMILES string of the molecule is CCCCCCCC/C=C/CCCCCC1=NCCN1CCN. The number of unbranched alkanes of at least 4 members (excludes halogenated alkanes) is 9. The highest BCUT2D eigenvalue weighted by Crippen LogP contribution is 2.11. The van der Waals surface area contributed by atoms with Crippen molar-refractivity contribution >= 4 is 5.84 Å². The molecule has 3 heteroatoms. The molecule has 1 rings (SSSR count). The average molecular weight is 322 g/mol. The Balaban J connectivity index is 1.87. The lowest BCUT2D eigenvalue weighted by molar-refractivity contribution is 0.456. The number of amidine groups is 1. The molecule has 0 aliphatic carbocycles. The monoisotopic (exact) mass is 321 g/mol. The van der Waals surface area contributed by atoms with Crippen LogP contribution in [0.15, 0.2) is 17.1 Å². The van der Waals surface area contributed by atoms with Crippen LogP contribution in [0.25, 0.3) is 0 Å². The van der Waals surface area contributed by atoms with Gasteiger partial charge < -0.3 is 10.6 Å². The van der Waals surface area contributed by atoms with Gasteiger partial charge in [-0.25, -0.2) is 0 Å². The molecule has 0 atom stereocenters. The summed E-state index contributed by atoms with van der Waals surface area (Å²) in [5, 5.41) is 0. The molecule has 0 fully saturated rings. The van der Waals surface area contributed by atoms with Gasteiger partial charge in [0, 0.05) is 26.1 Å². The van der Waals surface area contributed by atoms with Gasteiger partial charge in [-0.05, 0) is 32.1 Å². The molecule has 1 heterocycles. The van der Waals surface area contributed by atoms with E-state index in [0.29, 0.717) is 0 Å². The van der Waals surface area contributed by atoms with Crippen molar-refractivity contribution in [3.63, 3.8) is 0 Å². The Bertz CT molecular complexity index is 323. The molecule has 0 radical (unpaired) electrons. The Kier molecular flexibility index (Phi) is 13.0. The molecule has 0 saturated carbocycles. The number of nitrogens with two attached hydrogens (primary N) is 1. The Morgan fingerprint density at radius 2 is 1.61 bits per heavy atom. The van der Waals surface area contributed by atoms with E-state index in [4.69, 9.17) is 5.73 Å². The van der Waals surface area contributed by atoms with Crippen molar-refractivity contribution in [1.29, 1.82) is 0 Å². The lowest BCUT2D eigenvalue weighted by Gasteiger charge is -2.19. The highest BCUT2D eigenvalue weighted by atomic mass is 15.2. The molecule has 2 N–H and O–H groups in total. The molecule has 134 valence electrons. The molecule has 0 spiro atoms. The van der Waals surface area contributed by atoms with E-state index in [1.54, 1.807) is 0 Å². The molecule has 0 aromatic heterocycles. The van der Waals surface area contributed by atoms with Crippen molar-refractivity contribution in [3.8, 4) is 0 Å². The van der Waals surface area contributed by atoms with Gasteiger partial charge in [0.05, 0.1) is 12.4 Å². The topological polar surface area (TPSA) is 41.6 Å². The second kappa shape index (κ2) is 14.7. The van der Waals surface area contributed by atoms with Gasteiger partial charge in [-0.15, -0.1) is 0 Å². The zero-order valence-electron chi connectivity index (χ0n) is 15.4. The van der Waals surface area contributed by atoms with E-state index in [-0.39, 0.29) is 0 Å². The average Bonchev–Trinajstić information content (AvgIpc) is 2.99. The van der Waals surface area contributed by atoms with Gasteiger partial charge in [0.1, 0.15) is 0 Å². The summed E-state index contributed by atoms with van der Waals surface area (Å²) >= 11 is 0. The van der Waals surface area contributed by atoms with E-state index >= 15 is 0 Å². The van der Waals surface area contributed by atoms with Crippen molar-refractivity contribution < 1.29 is 0 Å². The second-order valence-electron chi connectivity index (χ2n) is 6.70. The largest absolute Gasteiger partial charge is 0.357 e. The molecule has 0 bridgehead atoms. The van der Waals surface area contributed by atoms with Gasteiger partial charge in [-0.2, -0.15) is 0 Å². The highest BCUT2D eigenvalue weighted by molar-refractivity contribution is 5.83. The first kappa shape index (κ1) is 20.2. The predicted octanol–water partition coefficient (Wildman–Crippen LogP) is 4.92. The molecule has 1 aliphatic heterocycles. The summed E-state index contributed by atoms with van der Waals surface area (Å²) in [6.45, 7) is 6.03. The summed E-state index contributed by atoms with van der Waals surface area (Å²) in [6.07, 6.45) is 20.7. The summed E-state index contributed by atoms with van der Waals surface area (Å²) < 4.78 is 0. The minimum atomic E-state index is 0.739. The summed E-state index contributed by atoms with van der Waals surface area (Å²) in [7, 11) is 0. The lowest BCUT2D eigenvalue weighted by atomic mass is 10.1. The van der Waals surface area contributed by atoms with Crippen LogP contribution in [0.4, 0.5) is 0 Å². The van der Waals surface area contributed by atoms with E-state index in [1.807, 2.05) is 0 Å². The molecular formula is C20H39N3. The summed E-state index contributed by atoms with van der Waals surface area (Å²) in [4.78, 5) is 6.96. The Morgan fingerprint density at radius 3 is 2.30 bits per heavy atom. The van der Waals surface area contributed by atoms with Gasteiger partial charge in [0.25, 0.3) is 0 Å². The first-order valence-corrected chi connectivity index (χ1v) is 10.0. The zero-order valence-corrected chi connectivity index (χ0v) is 15.4. The minimum absolute atomic E-state index is 0.739. The standard InChI is InChI=1S/C20H39N3/c1-2-3-4-5-6-7-8-9-10-11-12-13-14-15-20-22-17-19-23(20)18-16-21/h9-10H,2-8,11-19,21H2,1H3/b10-9+. The smallest absolute Gasteiger partial charge is 0.0990 e. The van der Waals surface area contributed by atoms with Crippen molar-refractivity contribution in [3.05, 3.63) is 12.2 Å². The van der Waals surface area contributed by atoms with Crippen LogP contribution in [-0.4, -0.2) is 36.9 Å². The molecule has 3 nitrogen and oxygen atoms in total. The quantitative estimate of drug-likeness (QED) is 0.344. The summed E-state index contributed by atoms with van der Waals surface area (Å²) in [5.41, 5.74) is 5.64. The summed E-state index contributed by atoms with van der Waals surface area (Å²) in [5.74, 6) is 1.30. The maximum Gasteiger partial charge on any atom is 0.0990 e. The van der Waals surface area contributed by atoms with Crippen molar-refractivity contribution in [2.45, 2.75) is 84.0 Å². The van der Waals surface area contributed by atoms with E-state index in [0.717, 1.165) is 32.6 Å². The fourth-order valence-corrected chi connectivity index (χ4v) is 3.16. The third-order valence-electron chi connectivity index (χ3n) is 4.59. The van der Waals surface area contributed by atoms with E-state index < -0.39 is 0 Å². The predicted molar refractivity (Wildman–Crippen MR) is 103 cm³/mol. The number of nitrogens with zero attached hydrogens (tertiary/aromatic N) is 2. The van der Waals surface area contributed by atoms with Crippen LogP contribution in [-0.2, 0) is 0 Å². The van der Waals surface area contributed by atoms with Gasteiger partial charge >= 0.3 is 0 Å². The van der Waals surface area contributed by atoms with Gasteiger partial charge in [0.15, 0.2) is 0 Å². The van der Waals surface area contributed by atoms with Crippen LogP contribution in [0.1, 0.15) is 84.0 Å². The first-order valence-electron chi connectivity index (χ1n) is 10.0. The third kappa shape index (κ3) is 10.5. The molecule has 0 aromatic carbocycles. The van der Waals surface area contributed by atoms with Crippen molar-refractivity contribution in [2.75, 3.05) is 26.2 Å². The Hall–Kier alpha value is -0.830. The molecule has 0 unspecified atom stereocenters. The number of hydrogen-bond acceptors (Lipinski definition) is 3. The Labute approximate surface area is 144 Å². The summed E-state index contributed by atoms with van der Waals surface area (Å²) in [6, 6.07) is 0. The van der Waals surface area contributed by atoms with E-state index in [9.17, 15) is 0 Å². The van der Waals surface area contributed by atoms with Crippen molar-refractivity contribution in [1.82, 2.24) is 4.90 Å². The van der Waals surface area contributed by atoms with Gasteiger partial charge in [-0.1, -0.05) is 57.6 Å². The van der Waals surface area contributed by atoms with Crippen molar-refractivity contribution in [2.24, 2.45) is 10.7 Å². The van der Waals surface area contributed by atoms with Crippen LogP contribution >= 0.6 is 0 Å². The van der Waals surface area contributed by atoms with Crippen LogP contribution in [0, 0.1) is 0 Å². The number of allylic oxidation sites excluding steroid dienone is 2. The van der Waals surface area contributed by atoms with Gasteiger partial charge in [0.2, 0.25) is 0 Å². The maximum absolute atomic E-state index is 5.64. The highest BCUT2D eigenvalue weighted by Gasteiger charge is 2.14. The fraction of sp³-hybridized carbons (Fsp3) is 0.850. The van der Waals surface area contributed by atoms with Crippen LogP contribution < -0.4 is 5.73 Å². The van der Waals surface area contributed by atoms with E-state index in [1.165, 1.54) is 76.5 Å². The normalized spacial score (nSPS) is 14.9. The number of aliphatic imine (C=N–C) groups is 1.